The predicted octanol–water partition coefficient (Wildman–Crippen LogP) is 4.06. The number of fused-ring (bicyclic) bond motifs is 1. The van der Waals surface area contributed by atoms with E-state index in [0.29, 0.717) is 16.5 Å². The Bertz CT molecular complexity index is 635. The third kappa shape index (κ3) is 2.02. The number of nitrogens with two attached hydrogens (primary N) is 1. The summed E-state index contributed by atoms with van der Waals surface area (Å²) in [5.41, 5.74) is 6.07. The summed E-state index contributed by atoms with van der Waals surface area (Å²) < 4.78 is 39.4. The highest BCUT2D eigenvalue weighted by Gasteiger charge is 2.36. The van der Waals surface area contributed by atoms with E-state index in [0.717, 1.165) is 3.57 Å². The van der Waals surface area contributed by atoms with Gasteiger partial charge in [0.05, 0.1) is 5.52 Å². The number of alkyl halides is 3. The van der Waals surface area contributed by atoms with Gasteiger partial charge in [-0.1, -0.05) is 6.07 Å². The van der Waals surface area contributed by atoms with Crippen LogP contribution in [0.2, 0.25) is 0 Å². The third-order valence-corrected chi connectivity index (χ3v) is 3.75. The molecular weight excluding hydrogens is 356 g/mol. The minimum Gasteiger partial charge on any atom is -0.398 e. The lowest BCUT2D eigenvalue weighted by molar-refractivity contribution is -0.141. The summed E-state index contributed by atoms with van der Waals surface area (Å²) in [4.78, 5) is 3.76. The molecule has 0 amide bonds. The highest BCUT2D eigenvalue weighted by molar-refractivity contribution is 14.1. The Morgan fingerprint density at radius 2 is 1.83 bits per heavy atom. The van der Waals surface area contributed by atoms with Gasteiger partial charge in [-0.15, -0.1) is 0 Å². The number of nitrogens with zero attached hydrogens (tertiary/aromatic N) is 1. The van der Waals surface area contributed by atoms with E-state index < -0.39 is 11.9 Å². The molecule has 0 saturated heterocycles. The zero-order valence-corrected chi connectivity index (χ0v) is 11.8. The maximum atomic E-state index is 12.9. The van der Waals surface area contributed by atoms with Crippen LogP contribution in [0.5, 0.6) is 0 Å². The molecule has 0 fully saturated rings. The summed E-state index contributed by atoms with van der Waals surface area (Å²) in [6, 6.07) is 3.56. The second kappa shape index (κ2) is 4.25. The second-order valence-corrected chi connectivity index (χ2v) is 5.25. The first kappa shape index (κ1) is 13.4. The number of hydrogen-bond acceptors (Lipinski definition) is 2. The van der Waals surface area contributed by atoms with Crippen LogP contribution in [0.1, 0.15) is 16.8 Å². The number of anilines is 1. The van der Waals surface area contributed by atoms with Gasteiger partial charge < -0.3 is 5.73 Å². The number of benzene rings is 1. The van der Waals surface area contributed by atoms with Gasteiger partial charge in [0.15, 0.2) is 0 Å². The number of hydrogen-bond donors (Lipinski definition) is 1. The van der Waals surface area contributed by atoms with E-state index in [1.165, 1.54) is 6.92 Å². The molecule has 0 spiro atoms. The van der Waals surface area contributed by atoms with Gasteiger partial charge in [0.1, 0.15) is 5.69 Å². The van der Waals surface area contributed by atoms with E-state index in [-0.39, 0.29) is 11.3 Å². The summed E-state index contributed by atoms with van der Waals surface area (Å²) in [5, 5.41) is 0.598. The van der Waals surface area contributed by atoms with Gasteiger partial charge in [0.2, 0.25) is 0 Å². The van der Waals surface area contributed by atoms with Gasteiger partial charge in [0.25, 0.3) is 0 Å². The minimum atomic E-state index is -4.49. The van der Waals surface area contributed by atoms with Crippen LogP contribution in [-0.4, -0.2) is 4.98 Å². The molecule has 0 atom stereocenters. The van der Waals surface area contributed by atoms with Crippen molar-refractivity contribution in [3.05, 3.63) is 32.5 Å². The highest BCUT2D eigenvalue weighted by atomic mass is 127. The number of aromatic nitrogens is 1. The molecule has 0 bridgehead atoms. The number of rotatable bonds is 0. The summed E-state index contributed by atoms with van der Waals surface area (Å²) in [7, 11) is 0. The average molecular weight is 366 g/mol. The third-order valence-electron chi connectivity index (χ3n) is 2.85. The van der Waals surface area contributed by atoms with Crippen molar-refractivity contribution in [3.63, 3.8) is 0 Å². The van der Waals surface area contributed by atoms with Gasteiger partial charge in [-0.3, -0.25) is 0 Å². The van der Waals surface area contributed by atoms with E-state index in [9.17, 15) is 13.2 Å². The fraction of sp³-hybridized carbons (Fsp3) is 0.250. The van der Waals surface area contributed by atoms with E-state index in [1.807, 2.05) is 28.7 Å². The molecule has 18 heavy (non-hydrogen) atoms. The highest BCUT2D eigenvalue weighted by Crippen LogP contribution is 2.37. The van der Waals surface area contributed by atoms with Gasteiger partial charge in [-0.05, 0) is 48.1 Å². The fourth-order valence-corrected chi connectivity index (χ4v) is 2.58. The van der Waals surface area contributed by atoms with Crippen molar-refractivity contribution in [2.24, 2.45) is 0 Å². The van der Waals surface area contributed by atoms with Gasteiger partial charge in [-0.25, -0.2) is 4.98 Å². The SMILES string of the molecule is Cc1c(C(F)(F)F)nc2c(C)ccc(I)c2c1N. The molecule has 1 aromatic carbocycles. The lowest BCUT2D eigenvalue weighted by atomic mass is 10.0. The first-order chi connectivity index (χ1) is 8.23. The lowest BCUT2D eigenvalue weighted by Crippen LogP contribution is -2.13. The number of pyridine rings is 1. The Labute approximate surface area is 116 Å². The molecule has 2 nitrogen and oxygen atoms in total. The number of nitrogen functional groups attached to an aromatic ring is 1. The van der Waals surface area contributed by atoms with Crippen LogP contribution in [0.15, 0.2) is 12.1 Å². The monoisotopic (exact) mass is 366 g/mol. The Balaban J connectivity index is 2.97. The van der Waals surface area contributed by atoms with E-state index in [2.05, 4.69) is 4.98 Å². The molecular formula is C12H10F3IN2. The Morgan fingerprint density at radius 1 is 1.22 bits per heavy atom. The summed E-state index contributed by atoms with van der Waals surface area (Å²) in [5.74, 6) is 0. The van der Waals surface area contributed by atoms with Crippen molar-refractivity contribution in [2.45, 2.75) is 20.0 Å². The van der Waals surface area contributed by atoms with Crippen molar-refractivity contribution < 1.29 is 13.2 Å². The maximum absolute atomic E-state index is 12.9. The molecule has 1 heterocycles. The molecule has 0 aliphatic heterocycles. The van der Waals surface area contributed by atoms with E-state index in [1.54, 1.807) is 13.0 Å². The number of aryl methyl sites for hydroxylation is 1. The molecule has 0 unspecified atom stereocenters. The van der Waals surface area contributed by atoms with Crippen LogP contribution >= 0.6 is 22.6 Å². The second-order valence-electron chi connectivity index (χ2n) is 4.08. The number of halogens is 4. The molecule has 0 aliphatic rings. The first-order valence-corrected chi connectivity index (χ1v) is 6.23. The van der Waals surface area contributed by atoms with E-state index in [4.69, 9.17) is 5.73 Å². The standard InChI is InChI=1S/C12H10F3IN2/c1-5-3-4-7(16)8-9(17)6(2)11(12(13,14)15)18-10(5)8/h3-4H,1-2H3,(H2,17,18). The minimum absolute atomic E-state index is 0.0153. The molecule has 0 saturated carbocycles. The predicted molar refractivity (Wildman–Crippen MR) is 73.3 cm³/mol. The molecule has 2 rings (SSSR count). The van der Waals surface area contributed by atoms with Crippen molar-refractivity contribution >= 4 is 39.2 Å². The first-order valence-electron chi connectivity index (χ1n) is 5.15. The molecule has 2 N–H and O–H groups in total. The van der Waals surface area contributed by atoms with Gasteiger partial charge in [0, 0.05) is 20.2 Å². The van der Waals surface area contributed by atoms with Crippen molar-refractivity contribution in [1.29, 1.82) is 0 Å². The van der Waals surface area contributed by atoms with Crippen LogP contribution in [0.3, 0.4) is 0 Å². The molecule has 1 aromatic heterocycles. The van der Waals surface area contributed by atoms with Crippen LogP contribution in [0.4, 0.5) is 18.9 Å². The maximum Gasteiger partial charge on any atom is 0.433 e. The lowest BCUT2D eigenvalue weighted by Gasteiger charge is -2.15. The van der Waals surface area contributed by atoms with Gasteiger partial charge in [-0.2, -0.15) is 13.2 Å². The normalized spacial score (nSPS) is 12.1. The molecule has 0 radical (unpaired) electrons. The summed E-state index contributed by atoms with van der Waals surface area (Å²) in [6.45, 7) is 3.07. The van der Waals surface area contributed by atoms with Crippen LogP contribution in [-0.2, 0) is 6.18 Å². The molecule has 2 aromatic rings. The van der Waals surface area contributed by atoms with Crippen molar-refractivity contribution in [2.75, 3.05) is 5.73 Å². The Kier molecular flexibility index (Phi) is 3.16. The average Bonchev–Trinajstić information content (AvgIpc) is 2.26. The summed E-state index contributed by atoms with van der Waals surface area (Å²) >= 11 is 2.05. The van der Waals surface area contributed by atoms with Crippen molar-refractivity contribution in [3.8, 4) is 0 Å². The smallest absolute Gasteiger partial charge is 0.398 e. The van der Waals surface area contributed by atoms with E-state index >= 15 is 0 Å². The fourth-order valence-electron chi connectivity index (χ4n) is 1.86. The Morgan fingerprint density at radius 3 is 2.39 bits per heavy atom. The van der Waals surface area contributed by atoms with Crippen LogP contribution in [0.25, 0.3) is 10.9 Å². The molecule has 96 valence electrons. The zero-order chi connectivity index (χ0) is 13.7. The topological polar surface area (TPSA) is 38.9 Å². The summed E-state index contributed by atoms with van der Waals surface area (Å²) in [6.07, 6.45) is -4.49. The zero-order valence-electron chi connectivity index (χ0n) is 9.69. The van der Waals surface area contributed by atoms with Crippen LogP contribution in [0, 0.1) is 17.4 Å². The molecule has 6 heteroatoms. The van der Waals surface area contributed by atoms with Crippen molar-refractivity contribution in [1.82, 2.24) is 4.98 Å². The van der Waals surface area contributed by atoms with Gasteiger partial charge >= 0.3 is 6.18 Å². The quantitative estimate of drug-likeness (QED) is 0.715. The largest absolute Gasteiger partial charge is 0.433 e. The van der Waals surface area contributed by atoms with Crippen LogP contribution < -0.4 is 5.73 Å². The molecule has 0 aliphatic carbocycles. The Hall–Kier alpha value is -1.05.